The largest absolute Gasteiger partial charge is 0.482 e. The van der Waals surface area contributed by atoms with Gasteiger partial charge in [-0.1, -0.05) is 30.3 Å². The average molecular weight is 355 g/mol. The highest BCUT2D eigenvalue weighted by atomic mass is 16.6. The predicted molar refractivity (Wildman–Crippen MR) is 95.9 cm³/mol. The van der Waals surface area contributed by atoms with Crippen molar-refractivity contribution < 1.29 is 23.9 Å². The molecule has 26 heavy (non-hydrogen) atoms. The molecule has 0 aliphatic heterocycles. The first-order chi connectivity index (χ1) is 12.5. The number of ether oxygens (including phenoxy) is 2. The van der Waals surface area contributed by atoms with Crippen LogP contribution in [0.3, 0.4) is 0 Å². The van der Waals surface area contributed by atoms with Gasteiger partial charge in [0.2, 0.25) is 0 Å². The third-order valence-electron chi connectivity index (χ3n) is 3.66. The quantitative estimate of drug-likeness (QED) is 0.582. The molecule has 0 heterocycles. The van der Waals surface area contributed by atoms with Gasteiger partial charge >= 0.3 is 5.97 Å². The fourth-order valence-corrected chi connectivity index (χ4v) is 2.22. The van der Waals surface area contributed by atoms with Crippen LogP contribution in [0, 0.1) is 0 Å². The molecule has 0 unspecified atom stereocenters. The third-order valence-corrected chi connectivity index (χ3v) is 3.66. The fraction of sp³-hybridized carbons (Fsp3) is 0.250. The molecule has 6 heteroatoms. The van der Waals surface area contributed by atoms with Crippen LogP contribution in [0.5, 0.6) is 5.75 Å². The Labute approximate surface area is 152 Å². The Morgan fingerprint density at radius 1 is 0.962 bits per heavy atom. The number of hydrogen-bond donors (Lipinski definition) is 1. The molecule has 0 fully saturated rings. The van der Waals surface area contributed by atoms with Crippen molar-refractivity contribution >= 4 is 17.7 Å². The second-order valence-corrected chi connectivity index (χ2v) is 5.73. The Hall–Kier alpha value is -3.15. The average Bonchev–Trinajstić information content (AvgIpc) is 2.65. The Balaban J connectivity index is 1.71. The van der Waals surface area contributed by atoms with E-state index in [2.05, 4.69) is 5.32 Å². The Kier molecular flexibility index (Phi) is 6.91. The minimum Gasteiger partial charge on any atom is -0.482 e. The van der Waals surface area contributed by atoms with Gasteiger partial charge in [-0.2, -0.15) is 0 Å². The van der Waals surface area contributed by atoms with Crippen molar-refractivity contribution in [2.75, 3.05) is 13.2 Å². The molecule has 1 atom stereocenters. The van der Waals surface area contributed by atoms with Crippen LogP contribution < -0.4 is 10.1 Å². The topological polar surface area (TPSA) is 81.7 Å². The zero-order chi connectivity index (χ0) is 18.9. The van der Waals surface area contributed by atoms with Gasteiger partial charge in [-0.3, -0.25) is 9.59 Å². The SMILES string of the molecule is CC(=O)c1ccc(OCC(=O)OCC(=O)N[C@H](C)c2ccccc2)cc1. The van der Waals surface area contributed by atoms with Crippen molar-refractivity contribution in [1.29, 1.82) is 0 Å². The molecule has 6 nitrogen and oxygen atoms in total. The van der Waals surface area contributed by atoms with E-state index in [4.69, 9.17) is 9.47 Å². The maximum Gasteiger partial charge on any atom is 0.344 e. The summed E-state index contributed by atoms with van der Waals surface area (Å²) < 4.78 is 10.2. The number of nitrogens with one attached hydrogen (secondary N) is 1. The molecular formula is C20H21NO5. The third kappa shape index (κ3) is 6.05. The molecule has 1 N–H and O–H groups in total. The molecule has 136 valence electrons. The minimum absolute atomic E-state index is 0.0493. The smallest absolute Gasteiger partial charge is 0.344 e. The molecule has 0 aliphatic rings. The van der Waals surface area contributed by atoms with E-state index in [1.54, 1.807) is 24.3 Å². The van der Waals surface area contributed by atoms with Crippen molar-refractivity contribution in [2.45, 2.75) is 19.9 Å². The van der Waals surface area contributed by atoms with E-state index >= 15 is 0 Å². The van der Waals surface area contributed by atoms with Crippen LogP contribution in [0.15, 0.2) is 54.6 Å². The van der Waals surface area contributed by atoms with Crippen LogP contribution in [-0.4, -0.2) is 30.9 Å². The number of amides is 1. The summed E-state index contributed by atoms with van der Waals surface area (Å²) in [6, 6.07) is 15.7. The van der Waals surface area contributed by atoms with Crippen LogP contribution in [0.1, 0.15) is 35.8 Å². The number of carbonyl (C=O) groups is 3. The second kappa shape index (κ2) is 9.36. The number of Topliss-reactive ketones (excluding diaryl/α,β-unsaturated/α-hetero) is 1. The lowest BCUT2D eigenvalue weighted by Crippen LogP contribution is -2.31. The van der Waals surface area contributed by atoms with Gasteiger partial charge in [0, 0.05) is 5.56 Å². The van der Waals surface area contributed by atoms with E-state index in [0.717, 1.165) is 5.56 Å². The lowest BCUT2D eigenvalue weighted by Gasteiger charge is -2.14. The standard InChI is InChI=1S/C20H21NO5/c1-14(16-6-4-3-5-7-16)21-19(23)12-26-20(24)13-25-18-10-8-17(9-11-18)15(2)22/h3-11,14H,12-13H2,1-2H3,(H,21,23)/t14-/m1/s1. The van der Waals surface area contributed by atoms with E-state index in [0.29, 0.717) is 11.3 Å². The predicted octanol–water partition coefficient (Wildman–Crippen LogP) is 2.69. The number of rotatable bonds is 8. The molecular weight excluding hydrogens is 334 g/mol. The highest BCUT2D eigenvalue weighted by molar-refractivity contribution is 5.94. The van der Waals surface area contributed by atoms with Crippen LogP contribution in [0.2, 0.25) is 0 Å². The first kappa shape index (κ1) is 19.2. The molecule has 0 radical (unpaired) electrons. The normalized spacial score (nSPS) is 11.3. The lowest BCUT2D eigenvalue weighted by molar-refractivity contribution is -0.150. The van der Waals surface area contributed by atoms with Crippen LogP contribution >= 0.6 is 0 Å². The number of hydrogen-bond acceptors (Lipinski definition) is 5. The van der Waals surface area contributed by atoms with Crippen LogP contribution in [0.25, 0.3) is 0 Å². The highest BCUT2D eigenvalue weighted by Gasteiger charge is 2.12. The Morgan fingerprint density at radius 2 is 1.62 bits per heavy atom. The number of ketones is 1. The summed E-state index contributed by atoms with van der Waals surface area (Å²) >= 11 is 0. The monoisotopic (exact) mass is 355 g/mol. The van der Waals surface area contributed by atoms with Gasteiger partial charge < -0.3 is 14.8 Å². The van der Waals surface area contributed by atoms with Crippen molar-refractivity contribution in [3.63, 3.8) is 0 Å². The second-order valence-electron chi connectivity index (χ2n) is 5.73. The molecule has 2 aromatic rings. The van der Waals surface area contributed by atoms with E-state index in [9.17, 15) is 14.4 Å². The Bertz CT molecular complexity index is 756. The highest BCUT2D eigenvalue weighted by Crippen LogP contribution is 2.13. The zero-order valence-electron chi connectivity index (χ0n) is 14.7. The minimum atomic E-state index is -0.650. The van der Waals surface area contributed by atoms with E-state index in [1.165, 1.54) is 6.92 Å². The summed E-state index contributed by atoms with van der Waals surface area (Å²) in [6.45, 7) is 2.63. The molecule has 2 aromatic carbocycles. The summed E-state index contributed by atoms with van der Waals surface area (Å²) in [5, 5.41) is 2.75. The van der Waals surface area contributed by atoms with Crippen LogP contribution in [0.4, 0.5) is 0 Å². The Morgan fingerprint density at radius 3 is 2.23 bits per heavy atom. The van der Waals surface area contributed by atoms with Crippen molar-refractivity contribution in [3.8, 4) is 5.75 Å². The molecule has 2 rings (SSSR count). The maximum absolute atomic E-state index is 11.8. The summed E-state index contributed by atoms with van der Waals surface area (Å²) in [5.41, 5.74) is 1.52. The number of esters is 1. The summed E-state index contributed by atoms with van der Waals surface area (Å²) in [5.74, 6) is -0.649. The van der Waals surface area contributed by atoms with Crippen LogP contribution in [-0.2, 0) is 14.3 Å². The van der Waals surface area contributed by atoms with E-state index in [1.807, 2.05) is 37.3 Å². The molecule has 0 saturated carbocycles. The van der Waals surface area contributed by atoms with E-state index < -0.39 is 5.97 Å². The number of carbonyl (C=O) groups excluding carboxylic acids is 3. The number of benzene rings is 2. The molecule has 0 aromatic heterocycles. The van der Waals surface area contributed by atoms with Gasteiger partial charge in [-0.05, 0) is 43.7 Å². The molecule has 0 saturated heterocycles. The first-order valence-corrected chi connectivity index (χ1v) is 8.19. The lowest BCUT2D eigenvalue weighted by atomic mass is 10.1. The van der Waals surface area contributed by atoms with Gasteiger partial charge in [-0.25, -0.2) is 4.79 Å². The van der Waals surface area contributed by atoms with E-state index in [-0.39, 0.29) is 30.9 Å². The summed E-state index contributed by atoms with van der Waals surface area (Å²) in [7, 11) is 0. The fourth-order valence-electron chi connectivity index (χ4n) is 2.22. The van der Waals surface area contributed by atoms with Gasteiger partial charge in [0.15, 0.2) is 19.0 Å². The molecule has 0 bridgehead atoms. The summed E-state index contributed by atoms with van der Waals surface area (Å²) in [4.78, 5) is 34.7. The van der Waals surface area contributed by atoms with Gasteiger partial charge in [-0.15, -0.1) is 0 Å². The van der Waals surface area contributed by atoms with Gasteiger partial charge in [0.25, 0.3) is 5.91 Å². The van der Waals surface area contributed by atoms with Crippen molar-refractivity contribution in [1.82, 2.24) is 5.32 Å². The molecule has 0 aliphatic carbocycles. The molecule has 0 spiro atoms. The zero-order valence-corrected chi connectivity index (χ0v) is 14.7. The van der Waals surface area contributed by atoms with Gasteiger partial charge in [0.1, 0.15) is 5.75 Å². The summed E-state index contributed by atoms with van der Waals surface area (Å²) in [6.07, 6.45) is 0. The van der Waals surface area contributed by atoms with Crippen molar-refractivity contribution in [2.24, 2.45) is 0 Å². The van der Waals surface area contributed by atoms with Crippen molar-refractivity contribution in [3.05, 3.63) is 65.7 Å². The maximum atomic E-state index is 11.8. The molecule has 1 amide bonds. The first-order valence-electron chi connectivity index (χ1n) is 8.19. The van der Waals surface area contributed by atoms with Gasteiger partial charge in [0.05, 0.1) is 6.04 Å².